The highest BCUT2D eigenvalue weighted by Gasteiger charge is 2.13. The zero-order valence-corrected chi connectivity index (χ0v) is 11.3. The summed E-state index contributed by atoms with van der Waals surface area (Å²) in [5.41, 5.74) is 2.21. The van der Waals surface area contributed by atoms with Gasteiger partial charge in [-0.25, -0.2) is 0 Å². The second-order valence-electron chi connectivity index (χ2n) is 4.26. The Morgan fingerprint density at radius 1 is 1.00 bits per heavy atom. The van der Waals surface area contributed by atoms with Crippen LogP contribution in [0, 0.1) is 6.92 Å². The molecule has 2 rings (SSSR count). The van der Waals surface area contributed by atoms with Crippen molar-refractivity contribution in [2.75, 3.05) is 0 Å². The summed E-state index contributed by atoms with van der Waals surface area (Å²) >= 11 is 0. The van der Waals surface area contributed by atoms with Gasteiger partial charge in [0.1, 0.15) is 4.90 Å². The first-order chi connectivity index (χ1) is 8.97. The molecule has 2 aromatic carbocycles. The normalized spacial score (nSPS) is 11.9. The maximum Gasteiger partial charge on any atom is 0.295 e. The zero-order chi connectivity index (χ0) is 13.9. The molecule has 98 valence electrons. The Labute approximate surface area is 113 Å². The summed E-state index contributed by atoms with van der Waals surface area (Å²) < 4.78 is 31.9. The molecule has 0 spiro atoms. The zero-order valence-electron chi connectivity index (χ0n) is 10.4. The van der Waals surface area contributed by atoms with Crippen molar-refractivity contribution >= 4 is 22.3 Å². The second-order valence-corrected chi connectivity index (χ2v) is 5.65. The van der Waals surface area contributed by atoms with Crippen LogP contribution in [0.1, 0.15) is 16.7 Å². The van der Waals surface area contributed by atoms with E-state index >= 15 is 0 Å². The average Bonchev–Trinajstić information content (AvgIpc) is 2.37. The van der Waals surface area contributed by atoms with Gasteiger partial charge in [-0.1, -0.05) is 54.6 Å². The van der Waals surface area contributed by atoms with Gasteiger partial charge in [0, 0.05) is 0 Å². The van der Waals surface area contributed by atoms with Crippen molar-refractivity contribution in [3.05, 3.63) is 65.2 Å². The third kappa shape index (κ3) is 3.53. The Bertz CT molecular complexity index is 701. The minimum absolute atomic E-state index is 0.0697. The van der Waals surface area contributed by atoms with Gasteiger partial charge in [-0.05, 0) is 29.7 Å². The molecule has 0 saturated heterocycles. The largest absolute Gasteiger partial charge is 0.295 e. The Kier molecular flexibility index (Phi) is 3.83. The van der Waals surface area contributed by atoms with Crippen molar-refractivity contribution < 1.29 is 13.0 Å². The summed E-state index contributed by atoms with van der Waals surface area (Å²) in [4.78, 5) is -0.0697. The van der Waals surface area contributed by atoms with Crippen LogP contribution in [-0.4, -0.2) is 13.0 Å². The monoisotopic (exact) mass is 274 g/mol. The molecule has 4 heteroatoms. The molecular formula is C15H14O3S. The van der Waals surface area contributed by atoms with Crippen LogP contribution in [0.2, 0.25) is 0 Å². The van der Waals surface area contributed by atoms with Crippen LogP contribution < -0.4 is 0 Å². The lowest BCUT2D eigenvalue weighted by atomic mass is 10.1. The molecule has 0 bridgehead atoms. The summed E-state index contributed by atoms with van der Waals surface area (Å²) in [6.45, 7) is 1.78. The van der Waals surface area contributed by atoms with Gasteiger partial charge in [-0.3, -0.25) is 4.55 Å². The number of rotatable bonds is 3. The molecule has 0 heterocycles. The van der Waals surface area contributed by atoms with Gasteiger partial charge in [0.05, 0.1) is 0 Å². The maximum absolute atomic E-state index is 11.3. The van der Waals surface area contributed by atoms with E-state index in [1.165, 1.54) is 6.07 Å². The molecule has 19 heavy (non-hydrogen) atoms. The summed E-state index contributed by atoms with van der Waals surface area (Å²) in [6, 6.07) is 14.5. The first kappa shape index (κ1) is 13.5. The minimum Gasteiger partial charge on any atom is -0.282 e. The van der Waals surface area contributed by atoms with Crippen molar-refractivity contribution in [3.8, 4) is 0 Å². The Morgan fingerprint density at radius 3 is 2.32 bits per heavy atom. The first-order valence-electron chi connectivity index (χ1n) is 5.78. The lowest BCUT2D eigenvalue weighted by Crippen LogP contribution is -2.01. The lowest BCUT2D eigenvalue weighted by molar-refractivity contribution is 0.483. The van der Waals surface area contributed by atoms with E-state index in [4.69, 9.17) is 0 Å². The third-order valence-corrected chi connectivity index (χ3v) is 3.61. The Hall–Kier alpha value is -1.91. The van der Waals surface area contributed by atoms with Crippen LogP contribution >= 0.6 is 0 Å². The summed E-state index contributed by atoms with van der Waals surface area (Å²) in [6.07, 6.45) is 3.48. The molecule has 0 aromatic heterocycles. The number of benzene rings is 2. The maximum atomic E-state index is 11.3. The molecule has 0 aliphatic heterocycles. The molecule has 0 saturated carbocycles. The van der Waals surface area contributed by atoms with Gasteiger partial charge >= 0.3 is 0 Å². The van der Waals surface area contributed by atoms with E-state index in [0.717, 1.165) is 11.1 Å². The molecule has 0 fully saturated rings. The fourth-order valence-electron chi connectivity index (χ4n) is 1.75. The van der Waals surface area contributed by atoms with Crippen LogP contribution in [0.5, 0.6) is 0 Å². The number of aryl methyl sites for hydroxylation is 1. The molecule has 3 nitrogen and oxygen atoms in total. The average molecular weight is 274 g/mol. The Balaban J connectivity index is 2.44. The van der Waals surface area contributed by atoms with Crippen LogP contribution in [0.4, 0.5) is 0 Å². The van der Waals surface area contributed by atoms with Crippen molar-refractivity contribution in [2.45, 2.75) is 11.8 Å². The number of hydrogen-bond donors (Lipinski definition) is 1. The van der Waals surface area contributed by atoms with E-state index in [1.54, 1.807) is 31.2 Å². The van der Waals surface area contributed by atoms with Gasteiger partial charge in [0.15, 0.2) is 0 Å². The third-order valence-electron chi connectivity index (χ3n) is 2.70. The van der Waals surface area contributed by atoms with Crippen molar-refractivity contribution in [2.24, 2.45) is 0 Å². The van der Waals surface area contributed by atoms with Crippen molar-refractivity contribution in [1.82, 2.24) is 0 Å². The van der Waals surface area contributed by atoms with Crippen LogP contribution in [0.3, 0.4) is 0 Å². The molecule has 0 radical (unpaired) electrons. The van der Waals surface area contributed by atoms with E-state index in [9.17, 15) is 13.0 Å². The van der Waals surface area contributed by atoms with Crippen molar-refractivity contribution in [3.63, 3.8) is 0 Å². The van der Waals surface area contributed by atoms with E-state index in [0.29, 0.717) is 5.56 Å². The lowest BCUT2D eigenvalue weighted by Gasteiger charge is -2.04. The van der Waals surface area contributed by atoms with Gasteiger partial charge < -0.3 is 0 Å². The van der Waals surface area contributed by atoms with Crippen LogP contribution in [0.15, 0.2) is 53.4 Å². The molecule has 0 amide bonds. The summed E-state index contributed by atoms with van der Waals surface area (Å²) in [5, 5.41) is 0. The van der Waals surface area contributed by atoms with Gasteiger partial charge in [0.2, 0.25) is 0 Å². The minimum atomic E-state index is -4.21. The van der Waals surface area contributed by atoms with Crippen LogP contribution in [-0.2, 0) is 10.1 Å². The van der Waals surface area contributed by atoms with E-state index < -0.39 is 10.1 Å². The molecule has 0 unspecified atom stereocenters. The predicted octanol–water partition coefficient (Wildman–Crippen LogP) is 3.41. The second kappa shape index (κ2) is 5.38. The topological polar surface area (TPSA) is 54.4 Å². The fraction of sp³-hybridized carbons (Fsp3) is 0.0667. The summed E-state index contributed by atoms with van der Waals surface area (Å²) in [7, 11) is -4.21. The SMILES string of the molecule is Cc1ccc(/C=C/c2ccccc2)c(S(=O)(=O)O)c1. The highest BCUT2D eigenvalue weighted by Crippen LogP contribution is 2.20. The molecule has 0 aliphatic rings. The standard InChI is InChI=1S/C15H14O3S/c1-12-7-9-14(15(11-12)19(16,17)18)10-8-13-5-3-2-4-6-13/h2-11H,1H3,(H,16,17,18)/b10-8+. The fourth-order valence-corrected chi connectivity index (χ4v) is 2.52. The first-order valence-corrected chi connectivity index (χ1v) is 7.22. The van der Waals surface area contributed by atoms with Gasteiger partial charge in [0.25, 0.3) is 10.1 Å². The van der Waals surface area contributed by atoms with E-state index in [-0.39, 0.29) is 4.90 Å². The highest BCUT2D eigenvalue weighted by molar-refractivity contribution is 7.85. The number of hydrogen-bond acceptors (Lipinski definition) is 2. The Morgan fingerprint density at radius 2 is 1.68 bits per heavy atom. The molecular weight excluding hydrogens is 260 g/mol. The van der Waals surface area contributed by atoms with E-state index in [2.05, 4.69) is 0 Å². The smallest absolute Gasteiger partial charge is 0.282 e. The molecule has 1 N–H and O–H groups in total. The van der Waals surface area contributed by atoms with E-state index in [1.807, 2.05) is 30.3 Å². The van der Waals surface area contributed by atoms with Crippen molar-refractivity contribution in [1.29, 1.82) is 0 Å². The van der Waals surface area contributed by atoms with Gasteiger partial charge in [-0.15, -0.1) is 0 Å². The molecule has 0 atom stereocenters. The quantitative estimate of drug-likeness (QED) is 0.689. The molecule has 0 aliphatic carbocycles. The molecule has 2 aromatic rings. The van der Waals surface area contributed by atoms with Gasteiger partial charge in [-0.2, -0.15) is 8.42 Å². The van der Waals surface area contributed by atoms with Crippen LogP contribution in [0.25, 0.3) is 12.2 Å². The highest BCUT2D eigenvalue weighted by atomic mass is 32.2. The predicted molar refractivity (Wildman–Crippen MR) is 76.4 cm³/mol. The summed E-state index contributed by atoms with van der Waals surface area (Å²) in [5.74, 6) is 0.